The highest BCUT2D eigenvalue weighted by Crippen LogP contribution is 2.33. The Morgan fingerprint density at radius 2 is 1.92 bits per heavy atom. The van der Waals surface area contributed by atoms with Gasteiger partial charge in [-0.15, -0.1) is 13.2 Å². The fourth-order valence-corrected chi connectivity index (χ4v) is 3.64. The summed E-state index contributed by atoms with van der Waals surface area (Å²) in [5, 5.41) is -0.0860. The summed E-state index contributed by atoms with van der Waals surface area (Å²) in [5.41, 5.74) is 5.11. The Labute approximate surface area is 145 Å². The molecule has 0 spiro atoms. The van der Waals surface area contributed by atoms with E-state index >= 15 is 0 Å². The second kappa shape index (κ2) is 6.89. The van der Waals surface area contributed by atoms with Gasteiger partial charge in [0.2, 0.25) is 5.91 Å². The van der Waals surface area contributed by atoms with E-state index in [-0.39, 0.29) is 16.1 Å². The number of ether oxygens (including phenoxy) is 1. The lowest BCUT2D eigenvalue weighted by Gasteiger charge is -2.14. The van der Waals surface area contributed by atoms with E-state index < -0.39 is 38.5 Å². The fourth-order valence-electron chi connectivity index (χ4n) is 1.93. The predicted octanol–water partition coefficient (Wildman–Crippen LogP) is 2.71. The number of amides is 1. The normalized spacial score (nSPS) is 12.0. The van der Waals surface area contributed by atoms with Gasteiger partial charge in [-0.05, 0) is 29.8 Å². The summed E-state index contributed by atoms with van der Waals surface area (Å²) in [5.74, 6) is -2.46. The molecule has 1 heterocycles. The molecule has 1 aromatic carbocycles. The SMILES string of the molecule is NC(=O)c1cncc(CS(=O)(=O)c2cc(Cl)ccc2OC(F)(F)F)c1. The van der Waals surface area contributed by atoms with Gasteiger partial charge in [-0.1, -0.05) is 11.6 Å². The quantitative estimate of drug-likeness (QED) is 0.840. The molecule has 0 saturated heterocycles. The van der Waals surface area contributed by atoms with Gasteiger partial charge in [0.05, 0.1) is 11.3 Å². The Morgan fingerprint density at radius 3 is 2.52 bits per heavy atom. The number of alkyl halides is 3. The first-order chi connectivity index (χ1) is 11.5. The molecule has 0 saturated carbocycles. The van der Waals surface area contributed by atoms with Gasteiger partial charge >= 0.3 is 6.36 Å². The van der Waals surface area contributed by atoms with Gasteiger partial charge in [-0.2, -0.15) is 0 Å². The minimum Gasteiger partial charge on any atom is -0.404 e. The third-order valence-electron chi connectivity index (χ3n) is 2.90. The molecule has 25 heavy (non-hydrogen) atoms. The largest absolute Gasteiger partial charge is 0.573 e. The van der Waals surface area contributed by atoms with Gasteiger partial charge in [0.25, 0.3) is 0 Å². The lowest BCUT2D eigenvalue weighted by molar-refractivity contribution is -0.275. The lowest BCUT2D eigenvalue weighted by atomic mass is 10.2. The van der Waals surface area contributed by atoms with Crippen LogP contribution in [0.5, 0.6) is 5.75 Å². The van der Waals surface area contributed by atoms with E-state index in [1.54, 1.807) is 0 Å². The number of halogens is 4. The van der Waals surface area contributed by atoms with E-state index in [2.05, 4.69) is 9.72 Å². The van der Waals surface area contributed by atoms with Crippen molar-refractivity contribution >= 4 is 27.3 Å². The standard InChI is InChI=1S/C14H10ClF3N2O4S/c15-10-1-2-11(24-14(16,17)18)12(4-10)25(22,23)7-8-3-9(13(19)21)6-20-5-8/h1-6H,7H2,(H2,19,21). The first-order valence-corrected chi connectivity index (χ1v) is 8.53. The van der Waals surface area contributed by atoms with E-state index in [0.717, 1.165) is 30.6 Å². The Bertz CT molecular complexity index is 917. The number of sulfone groups is 1. The molecule has 0 aliphatic carbocycles. The van der Waals surface area contributed by atoms with Crippen molar-refractivity contribution in [3.63, 3.8) is 0 Å². The molecular formula is C14H10ClF3N2O4S. The minimum absolute atomic E-state index is 0.0365. The van der Waals surface area contributed by atoms with Gasteiger partial charge in [-0.25, -0.2) is 8.42 Å². The number of primary amides is 1. The van der Waals surface area contributed by atoms with Crippen LogP contribution in [-0.4, -0.2) is 25.7 Å². The number of hydrogen-bond donors (Lipinski definition) is 1. The second-order valence-electron chi connectivity index (χ2n) is 4.84. The topological polar surface area (TPSA) is 99.4 Å². The third kappa shape index (κ3) is 5.07. The zero-order valence-corrected chi connectivity index (χ0v) is 13.8. The highest BCUT2D eigenvalue weighted by atomic mass is 35.5. The molecule has 0 atom stereocenters. The minimum atomic E-state index is -5.08. The summed E-state index contributed by atoms with van der Waals surface area (Å²) in [4.78, 5) is 14.1. The summed E-state index contributed by atoms with van der Waals surface area (Å²) in [6.07, 6.45) is -2.79. The zero-order chi connectivity index (χ0) is 18.8. The molecule has 11 heteroatoms. The number of carbonyl (C=O) groups excluding carboxylic acids is 1. The number of hydrogen-bond acceptors (Lipinski definition) is 5. The van der Waals surface area contributed by atoms with Crippen LogP contribution in [0.4, 0.5) is 13.2 Å². The van der Waals surface area contributed by atoms with E-state index in [4.69, 9.17) is 17.3 Å². The average molecular weight is 395 g/mol. The first-order valence-electron chi connectivity index (χ1n) is 6.50. The van der Waals surface area contributed by atoms with Gasteiger partial charge in [0.15, 0.2) is 9.84 Å². The molecule has 0 unspecified atom stereocenters. The summed E-state index contributed by atoms with van der Waals surface area (Å²) in [6.45, 7) is 0. The number of carbonyl (C=O) groups is 1. The van der Waals surface area contributed by atoms with Crippen LogP contribution in [-0.2, 0) is 15.6 Å². The summed E-state index contributed by atoms with van der Waals surface area (Å²) < 4.78 is 66.1. The van der Waals surface area contributed by atoms with E-state index in [9.17, 15) is 26.4 Å². The van der Waals surface area contributed by atoms with Crippen molar-refractivity contribution in [3.05, 3.63) is 52.8 Å². The number of nitrogens with zero attached hydrogens (tertiary/aromatic N) is 1. The van der Waals surface area contributed by atoms with Gasteiger partial charge in [-0.3, -0.25) is 9.78 Å². The smallest absolute Gasteiger partial charge is 0.404 e. The molecule has 1 aromatic heterocycles. The van der Waals surface area contributed by atoms with Crippen molar-refractivity contribution < 1.29 is 31.1 Å². The van der Waals surface area contributed by atoms with E-state index in [1.165, 1.54) is 6.07 Å². The molecule has 0 bridgehead atoms. The van der Waals surface area contributed by atoms with Crippen molar-refractivity contribution in [3.8, 4) is 5.75 Å². The van der Waals surface area contributed by atoms with Crippen molar-refractivity contribution in [2.24, 2.45) is 5.73 Å². The summed E-state index contributed by atoms with van der Waals surface area (Å²) in [7, 11) is -4.28. The van der Waals surface area contributed by atoms with Crippen LogP contribution in [0.2, 0.25) is 5.02 Å². The van der Waals surface area contributed by atoms with Crippen molar-refractivity contribution in [2.75, 3.05) is 0 Å². The van der Waals surface area contributed by atoms with Crippen molar-refractivity contribution in [1.82, 2.24) is 4.98 Å². The maximum Gasteiger partial charge on any atom is 0.573 e. The molecule has 0 fully saturated rings. The molecule has 2 rings (SSSR count). The van der Waals surface area contributed by atoms with Gasteiger partial charge < -0.3 is 10.5 Å². The fraction of sp³-hybridized carbons (Fsp3) is 0.143. The Kier molecular flexibility index (Phi) is 5.23. The summed E-state index contributed by atoms with van der Waals surface area (Å²) >= 11 is 5.69. The number of aromatic nitrogens is 1. The third-order valence-corrected chi connectivity index (χ3v) is 4.84. The second-order valence-corrected chi connectivity index (χ2v) is 7.24. The van der Waals surface area contributed by atoms with Crippen LogP contribution >= 0.6 is 11.6 Å². The van der Waals surface area contributed by atoms with E-state index in [0.29, 0.717) is 0 Å². The molecule has 0 radical (unpaired) electrons. The number of nitrogens with two attached hydrogens (primary N) is 1. The van der Waals surface area contributed by atoms with E-state index in [1.807, 2.05) is 0 Å². The highest BCUT2D eigenvalue weighted by molar-refractivity contribution is 7.90. The average Bonchev–Trinajstić information content (AvgIpc) is 2.47. The Balaban J connectivity index is 2.44. The summed E-state index contributed by atoms with van der Waals surface area (Å²) in [6, 6.07) is 3.91. The van der Waals surface area contributed by atoms with Gasteiger partial charge in [0.1, 0.15) is 10.6 Å². The van der Waals surface area contributed by atoms with Crippen LogP contribution in [0.1, 0.15) is 15.9 Å². The predicted molar refractivity (Wildman–Crippen MR) is 81.8 cm³/mol. The molecule has 1 amide bonds. The molecule has 0 aliphatic heterocycles. The Hall–Kier alpha value is -2.33. The van der Waals surface area contributed by atoms with Crippen LogP contribution in [0, 0.1) is 0 Å². The molecule has 2 N–H and O–H groups in total. The maximum absolute atomic E-state index is 12.5. The lowest BCUT2D eigenvalue weighted by Crippen LogP contribution is -2.19. The van der Waals surface area contributed by atoms with Crippen LogP contribution in [0.3, 0.4) is 0 Å². The first kappa shape index (κ1) is 19.0. The van der Waals surface area contributed by atoms with Gasteiger partial charge in [0, 0.05) is 17.4 Å². The van der Waals surface area contributed by atoms with Crippen LogP contribution < -0.4 is 10.5 Å². The number of pyridine rings is 1. The molecular weight excluding hydrogens is 385 g/mol. The monoisotopic (exact) mass is 394 g/mol. The number of rotatable bonds is 5. The molecule has 0 aliphatic rings. The Morgan fingerprint density at radius 1 is 1.24 bits per heavy atom. The zero-order valence-electron chi connectivity index (χ0n) is 12.2. The molecule has 2 aromatic rings. The molecule has 134 valence electrons. The number of benzene rings is 1. The highest BCUT2D eigenvalue weighted by Gasteiger charge is 2.34. The van der Waals surface area contributed by atoms with Crippen LogP contribution in [0.25, 0.3) is 0 Å². The van der Waals surface area contributed by atoms with Crippen LogP contribution in [0.15, 0.2) is 41.6 Å². The van der Waals surface area contributed by atoms with Crippen molar-refractivity contribution in [2.45, 2.75) is 17.0 Å². The maximum atomic E-state index is 12.5. The van der Waals surface area contributed by atoms with Crippen molar-refractivity contribution in [1.29, 1.82) is 0 Å². The molecule has 6 nitrogen and oxygen atoms in total.